The van der Waals surface area contributed by atoms with Gasteiger partial charge in [-0.05, 0) is 30.5 Å². The summed E-state index contributed by atoms with van der Waals surface area (Å²) in [6, 6.07) is 13.8. The molecule has 1 amide bonds. The third-order valence-electron chi connectivity index (χ3n) is 4.29. The van der Waals surface area contributed by atoms with Gasteiger partial charge in [-0.15, -0.1) is 0 Å². The van der Waals surface area contributed by atoms with Crippen molar-refractivity contribution in [2.24, 2.45) is 0 Å². The van der Waals surface area contributed by atoms with Gasteiger partial charge in [0.1, 0.15) is 5.56 Å². The predicted octanol–water partition coefficient (Wildman–Crippen LogP) is 2.56. The summed E-state index contributed by atoms with van der Waals surface area (Å²) in [5.41, 5.74) is 1.72. The van der Waals surface area contributed by atoms with Crippen LogP contribution in [0.2, 0.25) is 0 Å². The molecular formula is C19H22N2O3. The number of carbonyl (C=O) groups is 1. The van der Waals surface area contributed by atoms with Crippen LogP contribution in [0.25, 0.3) is 0 Å². The van der Waals surface area contributed by atoms with E-state index in [1.54, 1.807) is 18.3 Å². The smallest absolute Gasteiger partial charge is 0.259 e. The molecule has 1 aliphatic rings. The zero-order chi connectivity index (χ0) is 16.8. The molecule has 24 heavy (non-hydrogen) atoms. The van der Waals surface area contributed by atoms with E-state index in [0.29, 0.717) is 31.2 Å². The monoisotopic (exact) mass is 326 g/mol. The second-order valence-corrected chi connectivity index (χ2v) is 5.81. The summed E-state index contributed by atoms with van der Waals surface area (Å²) in [6.45, 7) is 1.93. The predicted molar refractivity (Wildman–Crippen MR) is 91.2 cm³/mol. The summed E-state index contributed by atoms with van der Waals surface area (Å²) in [7, 11) is 1.53. The molecule has 3 rings (SSSR count). The molecule has 1 atom stereocenters. The van der Waals surface area contributed by atoms with E-state index >= 15 is 0 Å². The fourth-order valence-corrected chi connectivity index (χ4v) is 2.98. The highest BCUT2D eigenvalue weighted by Crippen LogP contribution is 2.21. The minimum absolute atomic E-state index is 0.0496. The van der Waals surface area contributed by atoms with Gasteiger partial charge >= 0.3 is 0 Å². The number of methoxy groups -OCH3 is 1. The fraction of sp³-hybridized carbons (Fsp3) is 0.368. The Labute approximate surface area is 142 Å². The van der Waals surface area contributed by atoms with Gasteiger partial charge in [0.15, 0.2) is 0 Å². The number of hydrogen-bond acceptors (Lipinski definition) is 4. The Balaban J connectivity index is 1.80. The summed E-state index contributed by atoms with van der Waals surface area (Å²) in [5.74, 6) is 0.317. The van der Waals surface area contributed by atoms with Crippen LogP contribution in [0.15, 0.2) is 48.7 Å². The molecule has 5 heteroatoms. The maximum atomic E-state index is 13.1. The summed E-state index contributed by atoms with van der Waals surface area (Å²) < 4.78 is 10.7. The van der Waals surface area contributed by atoms with Crippen LogP contribution < -0.4 is 4.74 Å². The van der Waals surface area contributed by atoms with E-state index in [-0.39, 0.29) is 11.9 Å². The minimum atomic E-state index is -0.0496. The molecule has 5 nitrogen and oxygen atoms in total. The van der Waals surface area contributed by atoms with E-state index in [4.69, 9.17) is 9.47 Å². The summed E-state index contributed by atoms with van der Waals surface area (Å²) in [6.07, 6.45) is 3.30. The molecule has 1 unspecified atom stereocenters. The zero-order valence-corrected chi connectivity index (χ0v) is 13.9. The molecular weight excluding hydrogens is 304 g/mol. The topological polar surface area (TPSA) is 51.7 Å². The van der Waals surface area contributed by atoms with Crippen molar-refractivity contribution in [2.75, 3.05) is 26.9 Å². The SMILES string of the molecule is COc1ncccc1C(=O)N(CCc1ccccc1)C1CCOC1. The molecule has 1 saturated heterocycles. The fourth-order valence-electron chi connectivity index (χ4n) is 2.98. The number of hydrogen-bond donors (Lipinski definition) is 0. The van der Waals surface area contributed by atoms with E-state index in [1.165, 1.54) is 12.7 Å². The van der Waals surface area contributed by atoms with Gasteiger partial charge in [-0.2, -0.15) is 0 Å². The molecule has 0 aliphatic carbocycles. The largest absolute Gasteiger partial charge is 0.480 e. The Bertz CT molecular complexity index is 669. The van der Waals surface area contributed by atoms with Crippen molar-refractivity contribution in [2.45, 2.75) is 18.9 Å². The average molecular weight is 326 g/mol. The molecule has 0 bridgehead atoms. The zero-order valence-electron chi connectivity index (χ0n) is 13.9. The van der Waals surface area contributed by atoms with Crippen molar-refractivity contribution in [3.8, 4) is 5.88 Å². The number of rotatable bonds is 6. The molecule has 1 aromatic carbocycles. The van der Waals surface area contributed by atoms with E-state index in [2.05, 4.69) is 17.1 Å². The lowest BCUT2D eigenvalue weighted by molar-refractivity contribution is 0.0652. The summed E-state index contributed by atoms with van der Waals surface area (Å²) >= 11 is 0. The lowest BCUT2D eigenvalue weighted by Crippen LogP contribution is -2.42. The van der Waals surface area contributed by atoms with Crippen LogP contribution in [-0.4, -0.2) is 48.7 Å². The lowest BCUT2D eigenvalue weighted by Gasteiger charge is -2.28. The lowest BCUT2D eigenvalue weighted by atomic mass is 10.1. The molecule has 0 N–H and O–H groups in total. The second-order valence-electron chi connectivity index (χ2n) is 5.81. The number of carbonyl (C=O) groups excluding carboxylic acids is 1. The Hall–Kier alpha value is -2.40. The number of pyridine rings is 1. The molecule has 2 heterocycles. The van der Waals surface area contributed by atoms with E-state index in [0.717, 1.165) is 12.8 Å². The standard InChI is InChI=1S/C19H22N2O3/c1-23-18-17(8-5-11-20-18)19(22)21(16-10-13-24-14-16)12-9-15-6-3-2-4-7-15/h2-8,11,16H,9-10,12-14H2,1H3. The summed E-state index contributed by atoms with van der Waals surface area (Å²) in [4.78, 5) is 19.1. The van der Waals surface area contributed by atoms with Crippen LogP contribution in [-0.2, 0) is 11.2 Å². The molecule has 1 aliphatic heterocycles. The molecule has 0 radical (unpaired) electrons. The Kier molecular flexibility index (Phi) is 5.43. The van der Waals surface area contributed by atoms with Crippen molar-refractivity contribution in [3.63, 3.8) is 0 Å². The van der Waals surface area contributed by atoms with Gasteiger partial charge in [-0.25, -0.2) is 4.98 Å². The van der Waals surface area contributed by atoms with E-state index in [9.17, 15) is 4.79 Å². The van der Waals surface area contributed by atoms with Gasteiger partial charge < -0.3 is 14.4 Å². The van der Waals surface area contributed by atoms with Gasteiger partial charge in [-0.3, -0.25) is 4.79 Å². The van der Waals surface area contributed by atoms with Crippen LogP contribution >= 0.6 is 0 Å². The number of aromatic nitrogens is 1. The van der Waals surface area contributed by atoms with Crippen molar-refractivity contribution >= 4 is 5.91 Å². The van der Waals surface area contributed by atoms with Crippen LogP contribution in [0, 0.1) is 0 Å². The average Bonchev–Trinajstić information content (AvgIpc) is 3.17. The van der Waals surface area contributed by atoms with E-state index in [1.807, 2.05) is 23.1 Å². The number of nitrogens with zero attached hydrogens (tertiary/aromatic N) is 2. The highest BCUT2D eigenvalue weighted by Gasteiger charge is 2.29. The van der Waals surface area contributed by atoms with Gasteiger partial charge in [0.25, 0.3) is 5.91 Å². The molecule has 2 aromatic rings. The first-order valence-corrected chi connectivity index (χ1v) is 8.21. The number of amides is 1. The van der Waals surface area contributed by atoms with Crippen LogP contribution in [0.4, 0.5) is 0 Å². The summed E-state index contributed by atoms with van der Waals surface area (Å²) in [5, 5.41) is 0. The van der Waals surface area contributed by atoms with Crippen LogP contribution in [0.1, 0.15) is 22.3 Å². The molecule has 1 aromatic heterocycles. The Morgan fingerprint density at radius 2 is 2.12 bits per heavy atom. The van der Waals surface area contributed by atoms with Gasteiger partial charge in [-0.1, -0.05) is 30.3 Å². The van der Waals surface area contributed by atoms with Gasteiger partial charge in [0, 0.05) is 19.3 Å². The maximum Gasteiger partial charge on any atom is 0.259 e. The quantitative estimate of drug-likeness (QED) is 0.819. The minimum Gasteiger partial charge on any atom is -0.480 e. The number of benzene rings is 1. The normalized spacial score (nSPS) is 16.8. The third kappa shape index (κ3) is 3.74. The molecule has 126 valence electrons. The van der Waals surface area contributed by atoms with Crippen molar-refractivity contribution < 1.29 is 14.3 Å². The number of ether oxygens (including phenoxy) is 2. The highest BCUT2D eigenvalue weighted by atomic mass is 16.5. The molecule has 1 fully saturated rings. The van der Waals surface area contributed by atoms with Crippen molar-refractivity contribution in [1.29, 1.82) is 0 Å². The van der Waals surface area contributed by atoms with Crippen LogP contribution in [0.3, 0.4) is 0 Å². The van der Waals surface area contributed by atoms with E-state index < -0.39 is 0 Å². The van der Waals surface area contributed by atoms with Gasteiger partial charge in [0.2, 0.25) is 5.88 Å². The third-order valence-corrected chi connectivity index (χ3v) is 4.29. The first-order valence-electron chi connectivity index (χ1n) is 8.21. The Morgan fingerprint density at radius 1 is 1.29 bits per heavy atom. The van der Waals surface area contributed by atoms with Crippen molar-refractivity contribution in [1.82, 2.24) is 9.88 Å². The maximum absolute atomic E-state index is 13.1. The van der Waals surface area contributed by atoms with Crippen molar-refractivity contribution in [3.05, 3.63) is 59.8 Å². The second kappa shape index (κ2) is 7.93. The highest BCUT2D eigenvalue weighted by molar-refractivity contribution is 5.96. The Morgan fingerprint density at radius 3 is 2.83 bits per heavy atom. The molecule has 0 saturated carbocycles. The van der Waals surface area contributed by atoms with Gasteiger partial charge in [0.05, 0.1) is 19.8 Å². The van der Waals surface area contributed by atoms with Crippen LogP contribution in [0.5, 0.6) is 5.88 Å². The molecule has 0 spiro atoms. The first kappa shape index (κ1) is 16.5. The first-order chi connectivity index (χ1) is 11.8.